The quantitative estimate of drug-likeness (QED) is 0.322. The Hall–Kier alpha value is -3.98. The fraction of sp³-hybridized carbons (Fsp3) is 0.167. The van der Waals surface area contributed by atoms with E-state index < -0.39 is 5.91 Å². The summed E-state index contributed by atoms with van der Waals surface area (Å²) >= 11 is 0. The van der Waals surface area contributed by atoms with Crippen molar-refractivity contribution in [2.75, 3.05) is 20.3 Å². The van der Waals surface area contributed by atoms with Crippen molar-refractivity contribution in [1.29, 1.82) is 5.26 Å². The average Bonchev–Trinajstić information content (AvgIpc) is 3.19. The lowest BCUT2D eigenvalue weighted by atomic mass is 10.1. The van der Waals surface area contributed by atoms with Gasteiger partial charge in [-0.05, 0) is 41.8 Å². The summed E-state index contributed by atoms with van der Waals surface area (Å²) in [4.78, 5) is 15.7. The maximum Gasteiger partial charge on any atom is 0.261 e. The summed E-state index contributed by atoms with van der Waals surface area (Å²) < 4.78 is 10.8. The molecule has 0 aliphatic rings. The first kappa shape index (κ1) is 20.7. The van der Waals surface area contributed by atoms with Gasteiger partial charge in [-0.3, -0.25) is 4.79 Å². The van der Waals surface area contributed by atoms with Gasteiger partial charge in [0.25, 0.3) is 5.91 Å². The van der Waals surface area contributed by atoms with Crippen molar-refractivity contribution in [3.05, 3.63) is 78.0 Å². The number of nitrogens with one attached hydrogen (secondary N) is 2. The molecule has 0 atom stereocenters. The molecule has 152 valence electrons. The van der Waals surface area contributed by atoms with Crippen LogP contribution in [0.1, 0.15) is 11.1 Å². The minimum absolute atomic E-state index is 0.0238. The number of hydrogen-bond acceptors (Lipinski definition) is 4. The molecule has 0 spiro atoms. The molecule has 6 nitrogen and oxygen atoms in total. The van der Waals surface area contributed by atoms with Crippen LogP contribution in [-0.4, -0.2) is 31.2 Å². The predicted molar refractivity (Wildman–Crippen MR) is 117 cm³/mol. The number of aromatic nitrogens is 1. The highest BCUT2D eigenvalue weighted by atomic mass is 16.5. The monoisotopic (exact) mass is 401 g/mol. The number of nitrogens with zero attached hydrogens (tertiary/aromatic N) is 1. The summed E-state index contributed by atoms with van der Waals surface area (Å²) in [6.45, 7) is 4.40. The van der Waals surface area contributed by atoms with Crippen LogP contribution >= 0.6 is 0 Å². The van der Waals surface area contributed by atoms with Crippen LogP contribution in [0.2, 0.25) is 0 Å². The van der Waals surface area contributed by atoms with Gasteiger partial charge in [-0.1, -0.05) is 36.9 Å². The fourth-order valence-electron chi connectivity index (χ4n) is 3.10. The van der Waals surface area contributed by atoms with Crippen LogP contribution in [0, 0.1) is 11.3 Å². The molecular weight excluding hydrogens is 378 g/mol. The Morgan fingerprint density at radius 3 is 2.87 bits per heavy atom. The van der Waals surface area contributed by atoms with Gasteiger partial charge in [0.05, 0.1) is 7.11 Å². The third kappa shape index (κ3) is 4.89. The summed E-state index contributed by atoms with van der Waals surface area (Å²) in [6, 6.07) is 15.2. The van der Waals surface area contributed by atoms with Crippen molar-refractivity contribution >= 4 is 22.9 Å². The van der Waals surface area contributed by atoms with Gasteiger partial charge >= 0.3 is 0 Å². The van der Waals surface area contributed by atoms with Crippen molar-refractivity contribution in [3.63, 3.8) is 0 Å². The number of benzene rings is 2. The zero-order valence-corrected chi connectivity index (χ0v) is 16.8. The molecular formula is C24H23N3O3. The van der Waals surface area contributed by atoms with Crippen LogP contribution in [0.3, 0.4) is 0 Å². The Kier molecular flexibility index (Phi) is 6.91. The van der Waals surface area contributed by atoms with Crippen LogP contribution in [0.4, 0.5) is 0 Å². The first-order valence-corrected chi connectivity index (χ1v) is 9.53. The molecule has 6 heteroatoms. The standard InChI is InChI=1S/C24H23N3O3/c1-3-12-30-22-9-8-17(14-23(22)29-2)13-19(15-25)24(28)26-11-10-18-16-27-21-7-5-4-6-20(18)21/h3-9,13-14,16,27H,1,10-12H2,2H3,(H,26,28)/b19-13+. The number of para-hydroxylation sites is 1. The molecule has 2 aromatic carbocycles. The highest BCUT2D eigenvalue weighted by Gasteiger charge is 2.11. The van der Waals surface area contributed by atoms with Gasteiger partial charge in [0.2, 0.25) is 0 Å². The van der Waals surface area contributed by atoms with Gasteiger partial charge < -0.3 is 19.8 Å². The molecule has 3 aromatic rings. The normalized spacial score (nSPS) is 11.0. The molecule has 0 saturated heterocycles. The lowest BCUT2D eigenvalue weighted by Crippen LogP contribution is -2.26. The van der Waals surface area contributed by atoms with Gasteiger partial charge in [0.15, 0.2) is 11.5 Å². The molecule has 0 fully saturated rings. The summed E-state index contributed by atoms with van der Waals surface area (Å²) in [7, 11) is 1.53. The number of hydrogen-bond donors (Lipinski definition) is 2. The van der Waals surface area contributed by atoms with Gasteiger partial charge in [0.1, 0.15) is 18.2 Å². The van der Waals surface area contributed by atoms with Crippen LogP contribution < -0.4 is 14.8 Å². The highest BCUT2D eigenvalue weighted by molar-refractivity contribution is 6.01. The Balaban J connectivity index is 1.66. The fourth-order valence-corrected chi connectivity index (χ4v) is 3.10. The van der Waals surface area contributed by atoms with Crippen molar-refractivity contribution < 1.29 is 14.3 Å². The van der Waals surface area contributed by atoms with E-state index in [0.717, 1.165) is 16.5 Å². The van der Waals surface area contributed by atoms with E-state index in [1.165, 1.54) is 13.2 Å². The zero-order chi connectivity index (χ0) is 21.3. The molecule has 0 aliphatic heterocycles. The molecule has 0 aliphatic carbocycles. The number of methoxy groups -OCH3 is 1. The van der Waals surface area contributed by atoms with Gasteiger partial charge in [-0.2, -0.15) is 5.26 Å². The Labute approximate surface area is 175 Å². The summed E-state index contributed by atoms with van der Waals surface area (Å²) in [5.74, 6) is 0.669. The molecule has 30 heavy (non-hydrogen) atoms. The average molecular weight is 401 g/mol. The maximum atomic E-state index is 12.5. The number of fused-ring (bicyclic) bond motifs is 1. The van der Waals surface area contributed by atoms with E-state index >= 15 is 0 Å². The summed E-state index contributed by atoms with van der Waals surface area (Å²) in [5.41, 5.74) is 2.87. The topological polar surface area (TPSA) is 87.1 Å². The summed E-state index contributed by atoms with van der Waals surface area (Å²) in [5, 5.41) is 13.4. The predicted octanol–water partition coefficient (Wildman–Crippen LogP) is 4.01. The molecule has 1 amide bonds. The lowest BCUT2D eigenvalue weighted by Gasteiger charge is -2.10. The molecule has 1 aromatic heterocycles. The zero-order valence-electron chi connectivity index (χ0n) is 16.8. The number of carbonyl (C=O) groups excluding carboxylic acids is 1. The number of rotatable bonds is 9. The van der Waals surface area contributed by atoms with Crippen LogP contribution in [0.25, 0.3) is 17.0 Å². The van der Waals surface area contributed by atoms with E-state index in [4.69, 9.17) is 9.47 Å². The van der Waals surface area contributed by atoms with Crippen LogP contribution in [-0.2, 0) is 11.2 Å². The minimum Gasteiger partial charge on any atom is -0.493 e. The van der Waals surface area contributed by atoms with E-state index in [1.54, 1.807) is 24.3 Å². The van der Waals surface area contributed by atoms with Gasteiger partial charge in [-0.15, -0.1) is 0 Å². The van der Waals surface area contributed by atoms with E-state index in [2.05, 4.69) is 16.9 Å². The number of nitriles is 1. The van der Waals surface area contributed by atoms with E-state index in [1.807, 2.05) is 36.5 Å². The third-order valence-corrected chi connectivity index (χ3v) is 4.58. The van der Waals surface area contributed by atoms with E-state index in [0.29, 0.717) is 36.6 Å². The van der Waals surface area contributed by atoms with E-state index in [9.17, 15) is 10.1 Å². The molecule has 0 unspecified atom stereocenters. The molecule has 0 bridgehead atoms. The molecule has 1 heterocycles. The maximum absolute atomic E-state index is 12.5. The van der Waals surface area contributed by atoms with Gasteiger partial charge in [-0.25, -0.2) is 0 Å². The minimum atomic E-state index is -0.414. The molecule has 2 N–H and O–H groups in total. The molecule has 0 radical (unpaired) electrons. The van der Waals surface area contributed by atoms with Gasteiger partial charge in [0, 0.05) is 23.6 Å². The number of aromatic amines is 1. The van der Waals surface area contributed by atoms with Crippen LogP contribution in [0.5, 0.6) is 11.5 Å². The first-order chi connectivity index (χ1) is 14.7. The van der Waals surface area contributed by atoms with E-state index in [-0.39, 0.29) is 5.57 Å². The summed E-state index contributed by atoms with van der Waals surface area (Å²) in [6.07, 6.45) is 5.78. The Morgan fingerprint density at radius 2 is 2.10 bits per heavy atom. The van der Waals surface area contributed by atoms with Crippen molar-refractivity contribution in [2.24, 2.45) is 0 Å². The first-order valence-electron chi connectivity index (χ1n) is 9.53. The number of carbonyl (C=O) groups is 1. The largest absolute Gasteiger partial charge is 0.493 e. The number of H-pyrrole nitrogens is 1. The third-order valence-electron chi connectivity index (χ3n) is 4.58. The lowest BCUT2D eigenvalue weighted by molar-refractivity contribution is -0.117. The second-order valence-corrected chi connectivity index (χ2v) is 6.55. The SMILES string of the molecule is C=CCOc1ccc(/C=C(\C#N)C(=O)NCCc2c[nH]c3ccccc23)cc1OC. The van der Waals surface area contributed by atoms with Crippen molar-refractivity contribution in [2.45, 2.75) is 6.42 Å². The molecule has 0 saturated carbocycles. The Bertz CT molecular complexity index is 1120. The van der Waals surface area contributed by atoms with Crippen molar-refractivity contribution in [3.8, 4) is 17.6 Å². The van der Waals surface area contributed by atoms with Crippen LogP contribution in [0.15, 0.2) is 66.9 Å². The smallest absolute Gasteiger partial charge is 0.261 e. The van der Waals surface area contributed by atoms with Crippen molar-refractivity contribution in [1.82, 2.24) is 10.3 Å². The number of ether oxygens (including phenoxy) is 2. The Morgan fingerprint density at radius 1 is 1.27 bits per heavy atom. The second-order valence-electron chi connectivity index (χ2n) is 6.55. The highest BCUT2D eigenvalue weighted by Crippen LogP contribution is 2.29. The molecule has 3 rings (SSSR count). The second kappa shape index (κ2) is 9.99. The number of amides is 1.